The van der Waals surface area contributed by atoms with E-state index >= 15 is 0 Å². The van der Waals surface area contributed by atoms with Crippen molar-refractivity contribution < 1.29 is 8.83 Å². The normalized spacial score (nSPS) is 11.8. The SMILES string of the molecule is c1ccc2cc(-c3nc(-c4ccc5ccccc5c4)nc(-c4c(-c5ccc6c(c5)oc5ccccc56)ccc5oc6ccccc6c45)n3)ccc2c1. The lowest BCUT2D eigenvalue weighted by atomic mass is 9.94. The Balaban J connectivity index is 1.22. The van der Waals surface area contributed by atoms with E-state index in [0.717, 1.165) is 93.2 Å². The van der Waals surface area contributed by atoms with Gasteiger partial charge in [0.15, 0.2) is 17.5 Å². The van der Waals surface area contributed by atoms with Crippen molar-refractivity contribution >= 4 is 65.4 Å². The lowest BCUT2D eigenvalue weighted by Gasteiger charge is -2.14. The highest BCUT2D eigenvalue weighted by atomic mass is 16.3. The van der Waals surface area contributed by atoms with Gasteiger partial charge in [-0.1, -0.05) is 115 Å². The molecule has 11 rings (SSSR count). The van der Waals surface area contributed by atoms with Gasteiger partial charge in [0.25, 0.3) is 0 Å². The highest BCUT2D eigenvalue weighted by molar-refractivity contribution is 6.16. The van der Waals surface area contributed by atoms with E-state index < -0.39 is 0 Å². The van der Waals surface area contributed by atoms with E-state index in [-0.39, 0.29) is 0 Å². The third-order valence-corrected chi connectivity index (χ3v) is 10.1. The maximum atomic E-state index is 6.45. The topological polar surface area (TPSA) is 65.0 Å². The van der Waals surface area contributed by atoms with Gasteiger partial charge < -0.3 is 8.83 Å². The molecule has 3 aromatic heterocycles. The van der Waals surface area contributed by atoms with Crippen LogP contribution in [-0.2, 0) is 0 Å². The Morgan fingerprint density at radius 2 is 0.846 bits per heavy atom. The Hall–Kier alpha value is -7.11. The summed E-state index contributed by atoms with van der Waals surface area (Å²) < 4.78 is 12.8. The molecule has 0 fully saturated rings. The number of fused-ring (bicyclic) bond motifs is 8. The van der Waals surface area contributed by atoms with Crippen LogP contribution in [0.3, 0.4) is 0 Å². The van der Waals surface area contributed by atoms with Crippen molar-refractivity contribution in [2.24, 2.45) is 0 Å². The first-order chi connectivity index (χ1) is 25.7. The predicted molar refractivity (Wildman–Crippen MR) is 211 cm³/mol. The van der Waals surface area contributed by atoms with Crippen molar-refractivity contribution in [1.82, 2.24) is 15.0 Å². The summed E-state index contributed by atoms with van der Waals surface area (Å²) >= 11 is 0. The summed E-state index contributed by atoms with van der Waals surface area (Å²) in [6, 6.07) is 56.4. The van der Waals surface area contributed by atoms with Crippen LogP contribution in [-0.4, -0.2) is 15.0 Å². The van der Waals surface area contributed by atoms with E-state index in [1.54, 1.807) is 0 Å². The quantitative estimate of drug-likeness (QED) is 0.187. The van der Waals surface area contributed by atoms with Gasteiger partial charge in [-0.05, 0) is 81.2 Å². The van der Waals surface area contributed by atoms with Crippen molar-refractivity contribution in [2.75, 3.05) is 0 Å². The zero-order valence-electron chi connectivity index (χ0n) is 27.7. The number of benzene rings is 8. The molecule has 0 spiro atoms. The van der Waals surface area contributed by atoms with Gasteiger partial charge in [0, 0.05) is 38.2 Å². The van der Waals surface area contributed by atoms with Crippen LogP contribution >= 0.6 is 0 Å². The Labute approximate surface area is 297 Å². The number of hydrogen-bond acceptors (Lipinski definition) is 5. The van der Waals surface area contributed by atoms with Crippen LogP contribution in [0.15, 0.2) is 173 Å². The molecule has 0 radical (unpaired) electrons. The summed E-state index contributed by atoms with van der Waals surface area (Å²) in [5.74, 6) is 1.77. The molecule has 5 heteroatoms. The van der Waals surface area contributed by atoms with Crippen LogP contribution in [0.5, 0.6) is 0 Å². The fraction of sp³-hybridized carbons (Fsp3) is 0. The molecule has 3 heterocycles. The lowest BCUT2D eigenvalue weighted by Crippen LogP contribution is -2.01. The van der Waals surface area contributed by atoms with E-state index in [2.05, 4.69) is 121 Å². The summed E-state index contributed by atoms with van der Waals surface area (Å²) in [6.45, 7) is 0. The molecule has 0 aliphatic carbocycles. The van der Waals surface area contributed by atoms with E-state index in [1.165, 1.54) is 0 Å². The van der Waals surface area contributed by atoms with Gasteiger partial charge in [0.05, 0.1) is 0 Å². The number of rotatable bonds is 4. The fourth-order valence-corrected chi connectivity index (χ4v) is 7.59. The minimum Gasteiger partial charge on any atom is -0.456 e. The van der Waals surface area contributed by atoms with Gasteiger partial charge in [0.2, 0.25) is 0 Å². The van der Waals surface area contributed by atoms with Crippen LogP contribution in [0, 0.1) is 0 Å². The maximum Gasteiger partial charge on any atom is 0.165 e. The average molecular weight is 666 g/mol. The molecule has 0 aliphatic rings. The average Bonchev–Trinajstić information content (AvgIpc) is 3.78. The van der Waals surface area contributed by atoms with Gasteiger partial charge in [-0.25, -0.2) is 15.0 Å². The van der Waals surface area contributed by atoms with Gasteiger partial charge in [-0.15, -0.1) is 0 Å². The number of furan rings is 2. The summed E-state index contributed by atoms with van der Waals surface area (Å²) in [5.41, 5.74) is 7.94. The van der Waals surface area contributed by atoms with Gasteiger partial charge in [-0.2, -0.15) is 0 Å². The second-order valence-corrected chi connectivity index (χ2v) is 13.2. The number of para-hydroxylation sites is 2. The molecule has 0 saturated carbocycles. The van der Waals surface area contributed by atoms with Crippen LogP contribution < -0.4 is 0 Å². The lowest BCUT2D eigenvalue weighted by molar-refractivity contribution is 0.669. The molecule has 242 valence electrons. The molecule has 0 unspecified atom stereocenters. The first-order valence-corrected chi connectivity index (χ1v) is 17.3. The van der Waals surface area contributed by atoms with Crippen LogP contribution in [0.25, 0.3) is 111 Å². The van der Waals surface area contributed by atoms with Crippen molar-refractivity contribution in [1.29, 1.82) is 0 Å². The standard InChI is InChI=1S/C47H27N3O2/c1-3-11-30-25-33(19-17-28(30)9-1)45-48-46(34-20-18-29-10-2-4-12-31(29)26-34)50-47(49-45)44-35(23-24-41-43(44)38-14-6-8-16-40(38)51-41)32-21-22-37-36-13-5-7-15-39(36)52-42(37)27-32/h1-27H. The molecule has 52 heavy (non-hydrogen) atoms. The first kappa shape index (κ1) is 28.7. The maximum absolute atomic E-state index is 6.45. The van der Waals surface area contributed by atoms with E-state index in [1.807, 2.05) is 42.5 Å². The molecule has 0 N–H and O–H groups in total. The minimum absolute atomic E-state index is 0.568. The molecule has 11 aromatic rings. The molecule has 0 amide bonds. The monoisotopic (exact) mass is 665 g/mol. The zero-order valence-corrected chi connectivity index (χ0v) is 27.7. The van der Waals surface area contributed by atoms with Crippen molar-refractivity contribution in [2.45, 2.75) is 0 Å². The number of hydrogen-bond donors (Lipinski definition) is 0. The number of aromatic nitrogens is 3. The summed E-state index contributed by atoms with van der Waals surface area (Å²) in [7, 11) is 0. The molecule has 0 saturated heterocycles. The van der Waals surface area contributed by atoms with Gasteiger partial charge in [-0.3, -0.25) is 0 Å². The predicted octanol–water partition coefficient (Wildman–Crippen LogP) is 12.6. The Morgan fingerprint density at radius 1 is 0.327 bits per heavy atom. The van der Waals surface area contributed by atoms with Crippen molar-refractivity contribution in [3.8, 4) is 45.3 Å². The molecule has 0 aliphatic heterocycles. The van der Waals surface area contributed by atoms with Crippen LogP contribution in [0.2, 0.25) is 0 Å². The molecule has 0 atom stereocenters. The first-order valence-electron chi connectivity index (χ1n) is 17.3. The van der Waals surface area contributed by atoms with Gasteiger partial charge >= 0.3 is 0 Å². The van der Waals surface area contributed by atoms with E-state index in [4.69, 9.17) is 23.8 Å². The summed E-state index contributed by atoms with van der Waals surface area (Å²) in [4.78, 5) is 15.8. The number of nitrogens with zero attached hydrogens (tertiary/aromatic N) is 3. The molecule has 8 aromatic carbocycles. The second-order valence-electron chi connectivity index (χ2n) is 13.2. The van der Waals surface area contributed by atoms with Crippen molar-refractivity contribution in [3.05, 3.63) is 164 Å². The largest absolute Gasteiger partial charge is 0.456 e. The Morgan fingerprint density at radius 3 is 1.54 bits per heavy atom. The van der Waals surface area contributed by atoms with Gasteiger partial charge in [0.1, 0.15) is 22.3 Å². The summed E-state index contributed by atoms with van der Waals surface area (Å²) in [6.07, 6.45) is 0. The molecule has 5 nitrogen and oxygen atoms in total. The van der Waals surface area contributed by atoms with Crippen LogP contribution in [0.1, 0.15) is 0 Å². The van der Waals surface area contributed by atoms with Crippen molar-refractivity contribution in [3.63, 3.8) is 0 Å². The molecular weight excluding hydrogens is 639 g/mol. The Bertz CT molecular complexity index is 3110. The molecular formula is C47H27N3O2. The Kier molecular flexibility index (Phi) is 6.18. The third kappa shape index (κ3) is 4.53. The van der Waals surface area contributed by atoms with E-state index in [9.17, 15) is 0 Å². The second kappa shape index (κ2) is 11.2. The smallest absolute Gasteiger partial charge is 0.165 e. The molecule has 0 bridgehead atoms. The van der Waals surface area contributed by atoms with Crippen LogP contribution in [0.4, 0.5) is 0 Å². The highest BCUT2D eigenvalue weighted by Gasteiger charge is 2.23. The minimum atomic E-state index is 0.568. The highest BCUT2D eigenvalue weighted by Crippen LogP contribution is 2.43. The fourth-order valence-electron chi connectivity index (χ4n) is 7.59. The summed E-state index contributed by atoms with van der Waals surface area (Å²) in [5, 5.41) is 8.69. The van der Waals surface area contributed by atoms with E-state index in [0.29, 0.717) is 17.5 Å². The zero-order chi connectivity index (χ0) is 34.2. The third-order valence-electron chi connectivity index (χ3n) is 10.1.